The van der Waals surface area contributed by atoms with Gasteiger partial charge < -0.3 is 10.2 Å². The molecule has 1 spiro atoms. The van der Waals surface area contributed by atoms with Gasteiger partial charge in [0.25, 0.3) is 0 Å². The van der Waals surface area contributed by atoms with E-state index in [1.165, 1.54) is 50.9 Å². The lowest BCUT2D eigenvalue weighted by Gasteiger charge is -2.34. The van der Waals surface area contributed by atoms with Crippen LogP contribution in [0.1, 0.15) is 51.5 Å². The molecule has 1 N–H and O–H groups in total. The third-order valence-electron chi connectivity index (χ3n) is 6.58. The Labute approximate surface area is 153 Å². The van der Waals surface area contributed by atoms with Crippen LogP contribution >= 0.6 is 0 Å². The average Bonchev–Trinajstić information content (AvgIpc) is 3.36. The van der Waals surface area contributed by atoms with Gasteiger partial charge in [-0.15, -0.1) is 0 Å². The van der Waals surface area contributed by atoms with E-state index < -0.39 is 0 Å². The molecule has 1 aliphatic heterocycles. The topological polar surface area (TPSA) is 32.3 Å². The first-order valence-electron chi connectivity index (χ1n) is 10.2. The van der Waals surface area contributed by atoms with Crippen LogP contribution in [0, 0.1) is 17.3 Å². The highest BCUT2D eigenvalue weighted by Crippen LogP contribution is 2.59. The Kier molecular flexibility index (Phi) is 6.16. The van der Waals surface area contributed by atoms with Crippen molar-refractivity contribution >= 4 is 5.91 Å². The van der Waals surface area contributed by atoms with E-state index in [1.54, 1.807) is 0 Å². The molecule has 3 rings (SSSR count). The maximum absolute atomic E-state index is 12.5. The van der Waals surface area contributed by atoms with Crippen molar-refractivity contribution in [2.45, 2.75) is 52.4 Å². The van der Waals surface area contributed by atoms with Crippen molar-refractivity contribution in [2.75, 3.05) is 26.2 Å². The monoisotopic (exact) mass is 342 g/mol. The number of carbonyl (C=O) groups excluding carboxylic acids is 1. The van der Waals surface area contributed by atoms with Gasteiger partial charge in [0.15, 0.2) is 0 Å². The molecule has 138 valence electrons. The van der Waals surface area contributed by atoms with Crippen LogP contribution in [0.5, 0.6) is 0 Å². The lowest BCUT2D eigenvalue weighted by Crippen LogP contribution is -2.39. The predicted molar refractivity (Wildman–Crippen MR) is 103 cm³/mol. The predicted octanol–water partition coefficient (Wildman–Crippen LogP) is 3.88. The number of rotatable bonds is 8. The van der Waals surface area contributed by atoms with Crippen LogP contribution in [0.2, 0.25) is 0 Å². The lowest BCUT2D eigenvalue weighted by molar-refractivity contribution is -0.123. The lowest BCUT2D eigenvalue weighted by atomic mass is 9.89. The molecule has 0 radical (unpaired) electrons. The van der Waals surface area contributed by atoms with Crippen molar-refractivity contribution in [1.29, 1.82) is 0 Å². The van der Waals surface area contributed by atoms with Crippen molar-refractivity contribution in [3.63, 3.8) is 0 Å². The molecule has 0 aromatic heterocycles. The van der Waals surface area contributed by atoms with E-state index in [-0.39, 0.29) is 5.92 Å². The second kappa shape index (κ2) is 8.35. The molecular weight excluding hydrogens is 308 g/mol. The van der Waals surface area contributed by atoms with E-state index in [0.29, 0.717) is 11.3 Å². The highest BCUT2D eigenvalue weighted by molar-refractivity contribution is 5.82. The molecular formula is C22H34N2O. The summed E-state index contributed by atoms with van der Waals surface area (Å²) in [5.41, 5.74) is 1.63. The number of carbonyl (C=O) groups is 1. The van der Waals surface area contributed by atoms with Gasteiger partial charge in [-0.3, -0.25) is 4.79 Å². The Balaban J connectivity index is 1.38. The fourth-order valence-corrected chi connectivity index (χ4v) is 4.46. The number of hydrogen-bond donors (Lipinski definition) is 1. The summed E-state index contributed by atoms with van der Waals surface area (Å²) in [7, 11) is 0. The second-order valence-corrected chi connectivity index (χ2v) is 8.13. The second-order valence-electron chi connectivity index (χ2n) is 8.13. The minimum absolute atomic E-state index is 0.276. The zero-order valence-electron chi connectivity index (χ0n) is 16.0. The first-order valence-corrected chi connectivity index (χ1v) is 10.2. The van der Waals surface area contributed by atoms with Crippen molar-refractivity contribution < 1.29 is 4.79 Å². The first-order chi connectivity index (χ1) is 12.2. The number of benzene rings is 1. The molecule has 2 fully saturated rings. The van der Waals surface area contributed by atoms with Crippen LogP contribution < -0.4 is 5.32 Å². The molecule has 1 aromatic rings. The SMILES string of the molecule is CCC(CC)CN1CCC2(CC1)C[C@H]2C(=O)NCCc1ccccc1. The molecule has 25 heavy (non-hydrogen) atoms. The summed E-state index contributed by atoms with van der Waals surface area (Å²) in [5.74, 6) is 1.41. The number of nitrogens with one attached hydrogen (secondary N) is 1. The van der Waals surface area contributed by atoms with Gasteiger partial charge in [-0.1, -0.05) is 57.0 Å². The molecule has 1 saturated carbocycles. The van der Waals surface area contributed by atoms with Gasteiger partial charge in [-0.05, 0) is 55.7 Å². The summed E-state index contributed by atoms with van der Waals surface area (Å²) >= 11 is 0. The first kappa shape index (κ1) is 18.4. The smallest absolute Gasteiger partial charge is 0.223 e. The molecule has 3 heteroatoms. The molecule has 1 aromatic carbocycles. The molecule has 1 heterocycles. The maximum Gasteiger partial charge on any atom is 0.223 e. The molecule has 3 nitrogen and oxygen atoms in total. The number of likely N-dealkylation sites (tertiary alicyclic amines) is 1. The van der Waals surface area contributed by atoms with E-state index in [4.69, 9.17) is 0 Å². The highest BCUT2D eigenvalue weighted by atomic mass is 16.2. The Hall–Kier alpha value is -1.35. The third-order valence-corrected chi connectivity index (χ3v) is 6.58. The van der Waals surface area contributed by atoms with Gasteiger partial charge in [0.05, 0.1) is 0 Å². The minimum Gasteiger partial charge on any atom is -0.356 e. The largest absolute Gasteiger partial charge is 0.356 e. The Bertz CT molecular complexity index is 544. The highest BCUT2D eigenvalue weighted by Gasteiger charge is 2.58. The van der Waals surface area contributed by atoms with E-state index >= 15 is 0 Å². The molecule has 0 bridgehead atoms. The van der Waals surface area contributed by atoms with Gasteiger partial charge >= 0.3 is 0 Å². The van der Waals surface area contributed by atoms with E-state index in [1.807, 2.05) is 6.07 Å². The average molecular weight is 343 g/mol. The Morgan fingerprint density at radius 1 is 1.20 bits per heavy atom. The minimum atomic E-state index is 0.276. The molecule has 1 atom stereocenters. The molecule has 0 unspecified atom stereocenters. The number of amides is 1. The van der Waals surface area contributed by atoms with Crippen LogP contribution in [0.15, 0.2) is 30.3 Å². The quantitative estimate of drug-likeness (QED) is 0.777. The van der Waals surface area contributed by atoms with Gasteiger partial charge in [0.1, 0.15) is 0 Å². The Morgan fingerprint density at radius 3 is 2.52 bits per heavy atom. The number of nitrogens with zero attached hydrogens (tertiary/aromatic N) is 1. The van der Waals surface area contributed by atoms with Crippen molar-refractivity contribution in [1.82, 2.24) is 10.2 Å². The van der Waals surface area contributed by atoms with Crippen LogP contribution in [-0.2, 0) is 11.2 Å². The van der Waals surface area contributed by atoms with Crippen molar-refractivity contribution in [3.05, 3.63) is 35.9 Å². The standard InChI is InChI=1S/C22H34N2O/c1-3-18(4-2)17-24-14-11-22(12-15-24)16-20(22)21(25)23-13-10-19-8-6-5-7-9-19/h5-9,18,20H,3-4,10-17H2,1-2H3,(H,23,25)/t20-/m0/s1. The third kappa shape index (κ3) is 4.63. The summed E-state index contributed by atoms with van der Waals surface area (Å²) in [6.07, 6.45) is 7.03. The van der Waals surface area contributed by atoms with Gasteiger partial charge in [0.2, 0.25) is 5.91 Å². The number of hydrogen-bond acceptors (Lipinski definition) is 2. The van der Waals surface area contributed by atoms with Crippen molar-refractivity contribution in [2.24, 2.45) is 17.3 Å². The molecule has 2 aliphatic rings. The van der Waals surface area contributed by atoms with Crippen LogP contribution in [0.4, 0.5) is 0 Å². The van der Waals surface area contributed by atoms with Gasteiger partial charge in [0, 0.05) is 19.0 Å². The number of piperidine rings is 1. The fraction of sp³-hybridized carbons (Fsp3) is 0.682. The molecule has 1 aliphatic carbocycles. The van der Waals surface area contributed by atoms with Crippen LogP contribution in [0.25, 0.3) is 0 Å². The van der Waals surface area contributed by atoms with Gasteiger partial charge in [-0.25, -0.2) is 0 Å². The summed E-state index contributed by atoms with van der Waals surface area (Å²) in [4.78, 5) is 15.1. The molecule has 1 saturated heterocycles. The van der Waals surface area contributed by atoms with Crippen LogP contribution in [-0.4, -0.2) is 37.0 Å². The summed E-state index contributed by atoms with van der Waals surface area (Å²) in [6.45, 7) is 8.98. The molecule has 1 amide bonds. The van der Waals surface area contributed by atoms with E-state index in [0.717, 1.165) is 25.3 Å². The van der Waals surface area contributed by atoms with Gasteiger partial charge in [-0.2, -0.15) is 0 Å². The maximum atomic E-state index is 12.5. The Morgan fingerprint density at radius 2 is 1.88 bits per heavy atom. The summed E-state index contributed by atoms with van der Waals surface area (Å²) in [5, 5.41) is 3.17. The van der Waals surface area contributed by atoms with E-state index in [9.17, 15) is 4.79 Å². The van der Waals surface area contributed by atoms with Crippen LogP contribution in [0.3, 0.4) is 0 Å². The van der Waals surface area contributed by atoms with E-state index in [2.05, 4.69) is 48.3 Å². The van der Waals surface area contributed by atoms with Crippen molar-refractivity contribution in [3.8, 4) is 0 Å². The normalized spacial score (nSPS) is 22.3. The fourth-order valence-electron chi connectivity index (χ4n) is 4.46. The summed E-state index contributed by atoms with van der Waals surface area (Å²) < 4.78 is 0. The zero-order valence-corrected chi connectivity index (χ0v) is 16.0. The summed E-state index contributed by atoms with van der Waals surface area (Å²) in [6, 6.07) is 10.4. The zero-order chi connectivity index (χ0) is 17.7.